The molecule has 0 radical (unpaired) electrons. The number of nitrogens with one attached hydrogen (secondary N) is 1. The molecular weight excluding hydrogens is 242 g/mol. The van der Waals surface area contributed by atoms with Crippen LogP contribution in [0.4, 0.5) is 5.69 Å². The van der Waals surface area contributed by atoms with Crippen molar-refractivity contribution in [2.24, 2.45) is 0 Å². The maximum atomic E-state index is 12.6. The van der Waals surface area contributed by atoms with Crippen LogP contribution in [-0.4, -0.2) is 47.6 Å². The van der Waals surface area contributed by atoms with Crippen LogP contribution in [0.3, 0.4) is 0 Å². The Morgan fingerprint density at radius 2 is 2.37 bits per heavy atom. The highest BCUT2D eigenvalue weighted by Gasteiger charge is 2.29. The summed E-state index contributed by atoms with van der Waals surface area (Å²) in [5.74, 6) is 0.0201. The van der Waals surface area contributed by atoms with E-state index in [2.05, 4.69) is 10.3 Å². The predicted octanol–water partition coefficient (Wildman–Crippen LogP) is 1.76. The Morgan fingerprint density at radius 1 is 1.58 bits per heavy atom. The van der Waals surface area contributed by atoms with E-state index in [0.717, 1.165) is 12.2 Å². The van der Waals surface area contributed by atoms with Crippen molar-refractivity contribution in [2.75, 3.05) is 25.0 Å². The van der Waals surface area contributed by atoms with Gasteiger partial charge in [-0.3, -0.25) is 9.78 Å². The third-order valence-corrected chi connectivity index (χ3v) is 3.29. The zero-order chi connectivity index (χ0) is 13.8. The van der Waals surface area contributed by atoms with Crippen molar-refractivity contribution < 1.29 is 9.53 Å². The van der Waals surface area contributed by atoms with Crippen molar-refractivity contribution in [3.8, 4) is 0 Å². The molecule has 2 heterocycles. The summed E-state index contributed by atoms with van der Waals surface area (Å²) in [6.45, 7) is 7.99. The Morgan fingerprint density at radius 3 is 3.11 bits per heavy atom. The van der Waals surface area contributed by atoms with Gasteiger partial charge in [-0.15, -0.1) is 0 Å². The molecule has 1 amide bonds. The fourth-order valence-electron chi connectivity index (χ4n) is 2.25. The number of aromatic nitrogens is 1. The van der Waals surface area contributed by atoms with Gasteiger partial charge in [0.1, 0.15) is 0 Å². The van der Waals surface area contributed by atoms with E-state index >= 15 is 0 Å². The number of carbonyl (C=O) groups is 1. The second-order valence-corrected chi connectivity index (χ2v) is 4.90. The molecule has 19 heavy (non-hydrogen) atoms. The van der Waals surface area contributed by atoms with Crippen molar-refractivity contribution in [2.45, 2.75) is 32.9 Å². The first-order valence-electron chi connectivity index (χ1n) is 6.74. The van der Waals surface area contributed by atoms with E-state index < -0.39 is 0 Å². The lowest BCUT2D eigenvalue weighted by Crippen LogP contribution is -2.50. The van der Waals surface area contributed by atoms with Gasteiger partial charge in [0.15, 0.2) is 0 Å². The van der Waals surface area contributed by atoms with Crippen LogP contribution in [-0.2, 0) is 4.74 Å². The maximum Gasteiger partial charge on any atom is 0.257 e. The predicted molar refractivity (Wildman–Crippen MR) is 74.3 cm³/mol. The lowest BCUT2D eigenvalue weighted by atomic mass is 10.1. The zero-order valence-electron chi connectivity index (χ0n) is 11.7. The van der Waals surface area contributed by atoms with Crippen LogP contribution in [0.25, 0.3) is 0 Å². The molecule has 0 spiro atoms. The first-order valence-corrected chi connectivity index (χ1v) is 6.74. The summed E-state index contributed by atoms with van der Waals surface area (Å²) in [7, 11) is 0. The number of pyridine rings is 1. The Balaban J connectivity index is 2.23. The van der Waals surface area contributed by atoms with E-state index in [1.54, 1.807) is 12.4 Å². The molecule has 1 aromatic heterocycles. The second kappa shape index (κ2) is 6.02. The molecule has 1 saturated heterocycles. The van der Waals surface area contributed by atoms with Crippen LogP contribution in [0.2, 0.25) is 0 Å². The molecule has 5 heteroatoms. The monoisotopic (exact) mass is 263 g/mol. The number of morpholine rings is 1. The van der Waals surface area contributed by atoms with Crippen LogP contribution in [0.15, 0.2) is 18.5 Å². The molecule has 0 bridgehead atoms. The first kappa shape index (κ1) is 13.8. The topological polar surface area (TPSA) is 54.5 Å². The minimum absolute atomic E-state index is 0.0201. The molecule has 1 aliphatic rings. The normalized spacial score (nSPS) is 23.2. The van der Waals surface area contributed by atoms with Crippen molar-refractivity contribution in [3.63, 3.8) is 0 Å². The minimum atomic E-state index is 0.0201. The van der Waals surface area contributed by atoms with Gasteiger partial charge in [0.25, 0.3) is 5.91 Å². The second-order valence-electron chi connectivity index (χ2n) is 4.90. The van der Waals surface area contributed by atoms with Gasteiger partial charge in [0, 0.05) is 25.5 Å². The van der Waals surface area contributed by atoms with Crippen LogP contribution >= 0.6 is 0 Å². The Bertz CT molecular complexity index is 450. The highest BCUT2D eigenvalue weighted by molar-refractivity contribution is 5.99. The number of rotatable bonds is 3. The molecule has 2 atom stereocenters. The number of hydrogen-bond acceptors (Lipinski definition) is 4. The SMILES string of the molecule is CCNc1ccncc1C(=O)N1CC(C)OCC1C. The van der Waals surface area contributed by atoms with E-state index in [4.69, 9.17) is 4.74 Å². The zero-order valence-corrected chi connectivity index (χ0v) is 11.7. The molecule has 0 aliphatic carbocycles. The molecule has 2 rings (SSSR count). The lowest BCUT2D eigenvalue weighted by molar-refractivity contribution is -0.0386. The summed E-state index contributed by atoms with van der Waals surface area (Å²) in [6.07, 6.45) is 3.41. The number of ether oxygens (including phenoxy) is 1. The van der Waals surface area contributed by atoms with E-state index in [1.807, 2.05) is 31.7 Å². The Kier molecular flexibility index (Phi) is 4.37. The number of carbonyl (C=O) groups excluding carboxylic acids is 1. The van der Waals surface area contributed by atoms with E-state index in [1.165, 1.54) is 0 Å². The molecule has 104 valence electrons. The van der Waals surface area contributed by atoms with Gasteiger partial charge in [-0.2, -0.15) is 0 Å². The molecule has 0 aromatic carbocycles. The molecule has 5 nitrogen and oxygen atoms in total. The number of anilines is 1. The lowest BCUT2D eigenvalue weighted by Gasteiger charge is -2.37. The Labute approximate surface area is 114 Å². The van der Waals surface area contributed by atoms with Crippen LogP contribution in [0.5, 0.6) is 0 Å². The molecule has 1 aromatic rings. The maximum absolute atomic E-state index is 12.6. The van der Waals surface area contributed by atoms with Gasteiger partial charge in [0.05, 0.1) is 30.0 Å². The first-order chi connectivity index (χ1) is 9.13. The molecular formula is C14H21N3O2. The third-order valence-electron chi connectivity index (χ3n) is 3.29. The number of nitrogens with zero attached hydrogens (tertiary/aromatic N) is 2. The summed E-state index contributed by atoms with van der Waals surface area (Å²) in [4.78, 5) is 18.6. The molecule has 1 N–H and O–H groups in total. The fraction of sp³-hybridized carbons (Fsp3) is 0.571. The fourth-order valence-corrected chi connectivity index (χ4v) is 2.25. The summed E-state index contributed by atoms with van der Waals surface area (Å²) >= 11 is 0. The van der Waals surface area contributed by atoms with Gasteiger partial charge >= 0.3 is 0 Å². The van der Waals surface area contributed by atoms with Crippen molar-refractivity contribution in [3.05, 3.63) is 24.0 Å². The van der Waals surface area contributed by atoms with E-state index in [0.29, 0.717) is 18.7 Å². The van der Waals surface area contributed by atoms with Crippen molar-refractivity contribution in [1.82, 2.24) is 9.88 Å². The van der Waals surface area contributed by atoms with Crippen LogP contribution in [0.1, 0.15) is 31.1 Å². The average molecular weight is 263 g/mol. The van der Waals surface area contributed by atoms with Gasteiger partial charge in [-0.1, -0.05) is 0 Å². The number of hydrogen-bond donors (Lipinski definition) is 1. The van der Waals surface area contributed by atoms with Gasteiger partial charge < -0.3 is 15.0 Å². The molecule has 1 aliphatic heterocycles. The molecule has 0 saturated carbocycles. The van der Waals surface area contributed by atoms with Gasteiger partial charge in [0.2, 0.25) is 0 Å². The van der Waals surface area contributed by atoms with Gasteiger partial charge in [-0.05, 0) is 26.8 Å². The van der Waals surface area contributed by atoms with Crippen molar-refractivity contribution in [1.29, 1.82) is 0 Å². The highest BCUT2D eigenvalue weighted by Crippen LogP contribution is 2.20. The minimum Gasteiger partial charge on any atom is -0.385 e. The van der Waals surface area contributed by atoms with E-state index in [-0.39, 0.29) is 18.1 Å². The van der Waals surface area contributed by atoms with Crippen molar-refractivity contribution >= 4 is 11.6 Å². The highest BCUT2D eigenvalue weighted by atomic mass is 16.5. The molecule has 1 fully saturated rings. The smallest absolute Gasteiger partial charge is 0.257 e. The summed E-state index contributed by atoms with van der Waals surface area (Å²) < 4.78 is 5.56. The Hall–Kier alpha value is -1.62. The standard InChI is InChI=1S/C14H21N3O2/c1-4-16-13-5-6-15-7-12(13)14(18)17-8-11(3)19-9-10(17)2/h5-7,10-11H,4,8-9H2,1-3H3,(H,15,16). The van der Waals surface area contributed by atoms with Gasteiger partial charge in [-0.25, -0.2) is 0 Å². The number of amides is 1. The van der Waals surface area contributed by atoms with E-state index in [9.17, 15) is 4.79 Å². The van der Waals surface area contributed by atoms with Crippen LogP contribution in [0, 0.1) is 0 Å². The largest absolute Gasteiger partial charge is 0.385 e. The molecule has 2 unspecified atom stereocenters. The summed E-state index contributed by atoms with van der Waals surface area (Å²) in [5, 5.41) is 3.20. The quantitative estimate of drug-likeness (QED) is 0.903. The average Bonchev–Trinajstić information content (AvgIpc) is 2.42. The van der Waals surface area contributed by atoms with Crippen LogP contribution < -0.4 is 5.32 Å². The summed E-state index contributed by atoms with van der Waals surface area (Å²) in [5.41, 5.74) is 1.47. The third kappa shape index (κ3) is 3.04. The summed E-state index contributed by atoms with van der Waals surface area (Å²) in [6, 6.07) is 1.93.